The van der Waals surface area contributed by atoms with Crippen molar-refractivity contribution in [3.8, 4) is 0 Å². The van der Waals surface area contributed by atoms with E-state index in [0.717, 1.165) is 57.9 Å². The third kappa shape index (κ3) is 4.83. The summed E-state index contributed by atoms with van der Waals surface area (Å²) in [5.41, 5.74) is 1.62. The summed E-state index contributed by atoms with van der Waals surface area (Å²) >= 11 is 0. The molecular formula is C20H29N3O3. The summed E-state index contributed by atoms with van der Waals surface area (Å²) in [6, 6.07) is 6.90. The highest BCUT2D eigenvalue weighted by molar-refractivity contribution is 5.97. The van der Waals surface area contributed by atoms with Crippen LogP contribution in [0.2, 0.25) is 0 Å². The Hall–Kier alpha value is -1.92. The lowest BCUT2D eigenvalue weighted by atomic mass is 10.1. The van der Waals surface area contributed by atoms with Crippen LogP contribution in [-0.4, -0.2) is 73.6 Å². The number of nitrogens with one attached hydrogen (secondary N) is 1. The van der Waals surface area contributed by atoms with Crippen molar-refractivity contribution in [3.63, 3.8) is 0 Å². The molecule has 1 aromatic carbocycles. The summed E-state index contributed by atoms with van der Waals surface area (Å²) in [6.45, 7) is 9.86. The number of morpholine rings is 1. The number of carbonyl (C=O) groups is 2. The zero-order valence-electron chi connectivity index (χ0n) is 15.7. The van der Waals surface area contributed by atoms with Gasteiger partial charge in [0.25, 0.3) is 5.91 Å². The van der Waals surface area contributed by atoms with Crippen molar-refractivity contribution in [2.45, 2.75) is 26.3 Å². The molecule has 6 nitrogen and oxygen atoms in total. The second-order valence-corrected chi connectivity index (χ2v) is 7.42. The topological polar surface area (TPSA) is 61.9 Å². The number of nitrogens with zero attached hydrogens (tertiary/aromatic N) is 2. The van der Waals surface area contributed by atoms with E-state index in [9.17, 15) is 9.59 Å². The Kier molecular flexibility index (Phi) is 6.27. The van der Waals surface area contributed by atoms with Gasteiger partial charge >= 0.3 is 0 Å². The Bertz CT molecular complexity index is 643. The zero-order chi connectivity index (χ0) is 18.5. The molecule has 26 heavy (non-hydrogen) atoms. The van der Waals surface area contributed by atoms with E-state index in [1.54, 1.807) is 13.0 Å². The molecule has 0 spiro atoms. The molecule has 1 aromatic rings. The van der Waals surface area contributed by atoms with Crippen LogP contribution in [0.25, 0.3) is 0 Å². The molecule has 2 atom stereocenters. The molecule has 2 heterocycles. The first-order valence-corrected chi connectivity index (χ1v) is 9.49. The third-order valence-electron chi connectivity index (χ3n) is 5.22. The van der Waals surface area contributed by atoms with Crippen LogP contribution in [0.15, 0.2) is 24.3 Å². The van der Waals surface area contributed by atoms with Gasteiger partial charge in [-0.05, 0) is 38.3 Å². The van der Waals surface area contributed by atoms with Crippen molar-refractivity contribution in [2.75, 3.05) is 45.9 Å². The van der Waals surface area contributed by atoms with E-state index < -0.39 is 6.04 Å². The highest BCUT2D eigenvalue weighted by atomic mass is 16.5. The molecule has 2 unspecified atom stereocenters. The standard InChI is InChI=1S/C20H29N3O3/c1-15-4-3-5-18(12-15)19(24)21-16(2)20(25)23-7-6-17(14-23)13-22-8-10-26-11-9-22/h3-5,12,16-17H,6-11,13-14H2,1-2H3,(H,21,24). The highest BCUT2D eigenvalue weighted by Crippen LogP contribution is 2.19. The summed E-state index contributed by atoms with van der Waals surface area (Å²) in [4.78, 5) is 29.4. The number of amides is 2. The first-order valence-electron chi connectivity index (χ1n) is 9.49. The van der Waals surface area contributed by atoms with Crippen LogP contribution in [0.1, 0.15) is 29.3 Å². The second kappa shape index (κ2) is 8.64. The molecule has 1 N–H and O–H groups in total. The van der Waals surface area contributed by atoms with Gasteiger partial charge < -0.3 is 15.0 Å². The van der Waals surface area contributed by atoms with Gasteiger partial charge in [-0.2, -0.15) is 0 Å². The van der Waals surface area contributed by atoms with E-state index in [1.165, 1.54) is 0 Å². The number of benzene rings is 1. The minimum atomic E-state index is -0.509. The average molecular weight is 359 g/mol. The Balaban J connectivity index is 1.48. The van der Waals surface area contributed by atoms with Gasteiger partial charge in [0, 0.05) is 38.3 Å². The number of hydrogen-bond acceptors (Lipinski definition) is 4. The Morgan fingerprint density at radius 1 is 1.27 bits per heavy atom. The number of carbonyl (C=O) groups excluding carboxylic acids is 2. The van der Waals surface area contributed by atoms with Crippen molar-refractivity contribution >= 4 is 11.8 Å². The Morgan fingerprint density at radius 3 is 2.77 bits per heavy atom. The second-order valence-electron chi connectivity index (χ2n) is 7.42. The molecule has 3 rings (SSSR count). The van der Waals surface area contributed by atoms with Gasteiger partial charge in [0.1, 0.15) is 6.04 Å². The molecule has 0 radical (unpaired) electrons. The largest absolute Gasteiger partial charge is 0.379 e. The summed E-state index contributed by atoms with van der Waals surface area (Å²) in [5.74, 6) is 0.325. The van der Waals surface area contributed by atoms with Crippen LogP contribution in [0.3, 0.4) is 0 Å². The molecule has 2 aliphatic rings. The van der Waals surface area contributed by atoms with Crippen molar-refractivity contribution in [1.29, 1.82) is 0 Å². The Morgan fingerprint density at radius 2 is 2.04 bits per heavy atom. The molecule has 0 aromatic heterocycles. The summed E-state index contributed by atoms with van der Waals surface area (Å²) in [6.07, 6.45) is 1.03. The van der Waals surface area contributed by atoms with Crippen LogP contribution in [0.4, 0.5) is 0 Å². The molecular weight excluding hydrogens is 330 g/mol. The SMILES string of the molecule is Cc1cccc(C(=O)NC(C)C(=O)N2CCC(CN3CCOCC3)C2)c1. The average Bonchev–Trinajstić information content (AvgIpc) is 3.10. The maximum atomic E-state index is 12.7. The van der Waals surface area contributed by atoms with E-state index in [0.29, 0.717) is 11.5 Å². The number of aryl methyl sites for hydroxylation is 1. The van der Waals surface area contributed by atoms with Crippen LogP contribution < -0.4 is 5.32 Å². The molecule has 2 saturated heterocycles. The summed E-state index contributed by atoms with van der Waals surface area (Å²) < 4.78 is 5.39. The molecule has 0 bridgehead atoms. The maximum absolute atomic E-state index is 12.7. The quantitative estimate of drug-likeness (QED) is 0.861. The highest BCUT2D eigenvalue weighted by Gasteiger charge is 2.31. The van der Waals surface area contributed by atoms with E-state index >= 15 is 0 Å². The number of hydrogen-bond donors (Lipinski definition) is 1. The number of likely N-dealkylation sites (tertiary alicyclic amines) is 1. The maximum Gasteiger partial charge on any atom is 0.251 e. The lowest BCUT2D eigenvalue weighted by Gasteiger charge is -2.29. The van der Waals surface area contributed by atoms with Crippen molar-refractivity contribution < 1.29 is 14.3 Å². The molecule has 2 aliphatic heterocycles. The molecule has 6 heteroatoms. The molecule has 0 aliphatic carbocycles. The minimum Gasteiger partial charge on any atom is -0.379 e. The van der Waals surface area contributed by atoms with Crippen molar-refractivity contribution in [2.24, 2.45) is 5.92 Å². The first-order chi connectivity index (χ1) is 12.5. The van der Waals surface area contributed by atoms with Gasteiger partial charge in [0.15, 0.2) is 0 Å². The third-order valence-corrected chi connectivity index (χ3v) is 5.22. The smallest absolute Gasteiger partial charge is 0.251 e. The molecule has 2 fully saturated rings. The van der Waals surface area contributed by atoms with Crippen molar-refractivity contribution in [1.82, 2.24) is 15.1 Å². The fourth-order valence-corrected chi connectivity index (χ4v) is 3.73. The van der Waals surface area contributed by atoms with E-state index in [4.69, 9.17) is 4.74 Å². The molecule has 0 saturated carbocycles. The minimum absolute atomic E-state index is 0.00970. The fourth-order valence-electron chi connectivity index (χ4n) is 3.73. The van der Waals surface area contributed by atoms with Crippen LogP contribution in [0.5, 0.6) is 0 Å². The monoisotopic (exact) mass is 359 g/mol. The van der Waals surface area contributed by atoms with E-state index in [2.05, 4.69) is 10.2 Å². The van der Waals surface area contributed by atoms with Crippen molar-refractivity contribution in [3.05, 3.63) is 35.4 Å². The summed E-state index contributed by atoms with van der Waals surface area (Å²) in [7, 11) is 0. The van der Waals surface area contributed by atoms with Gasteiger partial charge in [-0.1, -0.05) is 17.7 Å². The number of rotatable bonds is 5. The van der Waals surface area contributed by atoms with Gasteiger partial charge in [-0.25, -0.2) is 0 Å². The van der Waals surface area contributed by atoms with Gasteiger partial charge in [0.2, 0.25) is 5.91 Å². The summed E-state index contributed by atoms with van der Waals surface area (Å²) in [5, 5.41) is 2.84. The molecule has 2 amide bonds. The number of ether oxygens (including phenoxy) is 1. The van der Waals surface area contributed by atoms with E-state index in [1.807, 2.05) is 30.0 Å². The van der Waals surface area contributed by atoms with Gasteiger partial charge in [-0.3, -0.25) is 14.5 Å². The van der Waals surface area contributed by atoms with Crippen LogP contribution >= 0.6 is 0 Å². The molecule has 142 valence electrons. The lowest BCUT2D eigenvalue weighted by molar-refractivity contribution is -0.131. The van der Waals surface area contributed by atoms with Gasteiger partial charge in [-0.15, -0.1) is 0 Å². The van der Waals surface area contributed by atoms with Crippen LogP contribution in [-0.2, 0) is 9.53 Å². The zero-order valence-corrected chi connectivity index (χ0v) is 15.7. The first kappa shape index (κ1) is 18.9. The predicted octanol–water partition coefficient (Wildman–Crippen LogP) is 1.29. The predicted molar refractivity (Wildman–Crippen MR) is 100 cm³/mol. The lowest BCUT2D eigenvalue weighted by Crippen LogP contribution is -2.46. The normalized spacial score (nSPS) is 22.2. The fraction of sp³-hybridized carbons (Fsp3) is 0.600. The Labute approximate surface area is 155 Å². The van der Waals surface area contributed by atoms with Crippen LogP contribution in [0, 0.1) is 12.8 Å². The van der Waals surface area contributed by atoms with Gasteiger partial charge in [0.05, 0.1) is 13.2 Å². The van der Waals surface area contributed by atoms with E-state index in [-0.39, 0.29) is 11.8 Å².